The van der Waals surface area contributed by atoms with Crippen molar-refractivity contribution in [3.8, 4) is 16.9 Å². The Hall–Kier alpha value is -3.52. The van der Waals surface area contributed by atoms with E-state index in [0.717, 1.165) is 6.07 Å². The number of halogens is 3. The summed E-state index contributed by atoms with van der Waals surface area (Å²) < 4.78 is 30.3. The van der Waals surface area contributed by atoms with Gasteiger partial charge in [-0.15, -0.1) is 0 Å². The first-order chi connectivity index (χ1) is 16.2. The highest BCUT2D eigenvalue weighted by molar-refractivity contribution is 6.34. The summed E-state index contributed by atoms with van der Waals surface area (Å²) in [7, 11) is 0. The van der Waals surface area contributed by atoms with Crippen LogP contribution in [0.15, 0.2) is 43.1 Å². The fraction of sp³-hybridized carbons (Fsp3) is 0.240. The summed E-state index contributed by atoms with van der Waals surface area (Å²) >= 11 is 6.45. The minimum absolute atomic E-state index is 0.00376. The van der Waals surface area contributed by atoms with E-state index >= 15 is 4.39 Å². The molecule has 4 rings (SSSR count). The molecule has 1 N–H and O–H groups in total. The summed E-state index contributed by atoms with van der Waals surface area (Å²) in [6, 6.07) is 5.13. The van der Waals surface area contributed by atoms with Gasteiger partial charge in [0.2, 0.25) is 5.91 Å². The van der Waals surface area contributed by atoms with Crippen molar-refractivity contribution in [2.24, 2.45) is 0 Å². The van der Waals surface area contributed by atoms with E-state index in [0.29, 0.717) is 42.8 Å². The van der Waals surface area contributed by atoms with Gasteiger partial charge in [-0.05, 0) is 24.3 Å². The third-order valence-corrected chi connectivity index (χ3v) is 6.27. The summed E-state index contributed by atoms with van der Waals surface area (Å²) in [5, 5.41) is 10.4. The van der Waals surface area contributed by atoms with Crippen LogP contribution in [0.2, 0.25) is 5.02 Å². The van der Waals surface area contributed by atoms with Crippen molar-refractivity contribution in [3.63, 3.8) is 0 Å². The van der Waals surface area contributed by atoms with Gasteiger partial charge in [-0.2, -0.15) is 0 Å². The lowest BCUT2D eigenvalue weighted by molar-refractivity contribution is -0.129. The van der Waals surface area contributed by atoms with E-state index in [2.05, 4.69) is 11.6 Å². The van der Waals surface area contributed by atoms with Gasteiger partial charge in [0.15, 0.2) is 11.6 Å². The molecule has 34 heavy (non-hydrogen) atoms. The Kier molecular flexibility index (Phi) is 6.52. The topological polar surface area (TPSA) is 73.7 Å². The van der Waals surface area contributed by atoms with Crippen LogP contribution in [-0.2, 0) is 16.0 Å². The molecule has 9 heteroatoms. The van der Waals surface area contributed by atoms with E-state index in [-0.39, 0.29) is 39.8 Å². The monoisotopic (exact) mass is 485 g/mol. The van der Waals surface area contributed by atoms with E-state index in [1.807, 2.05) is 4.90 Å². The number of aromatic nitrogens is 1. The number of carbonyl (C=O) groups excluding carboxylic acids is 2. The second kappa shape index (κ2) is 9.38. The quantitative estimate of drug-likeness (QED) is 0.538. The number of benzene rings is 2. The third-order valence-electron chi connectivity index (χ3n) is 5.98. The molecule has 2 heterocycles. The first-order valence-corrected chi connectivity index (χ1v) is 11.0. The molecule has 1 amide bonds. The Morgan fingerprint density at radius 3 is 2.53 bits per heavy atom. The van der Waals surface area contributed by atoms with Crippen molar-refractivity contribution in [2.45, 2.75) is 13.3 Å². The van der Waals surface area contributed by atoms with Gasteiger partial charge in [-0.3, -0.25) is 14.6 Å². The number of ketones is 1. The number of hydrogen-bond acceptors (Lipinski definition) is 5. The maximum atomic E-state index is 15.8. The SMILES string of the molecule is C=CC(=O)Cc1cnc2c(F)c(-c3c(O)cccc3F)c(Cl)cc2c1N1CCN(C(C)=O)CC1. The zero-order valence-corrected chi connectivity index (χ0v) is 19.2. The average molecular weight is 486 g/mol. The Morgan fingerprint density at radius 2 is 1.91 bits per heavy atom. The zero-order valence-electron chi connectivity index (χ0n) is 18.4. The highest BCUT2D eigenvalue weighted by atomic mass is 35.5. The Morgan fingerprint density at radius 1 is 1.21 bits per heavy atom. The number of phenols is 1. The van der Waals surface area contributed by atoms with Gasteiger partial charge >= 0.3 is 0 Å². The van der Waals surface area contributed by atoms with Gasteiger partial charge in [0.05, 0.1) is 16.3 Å². The Bertz CT molecular complexity index is 1300. The van der Waals surface area contributed by atoms with Crippen molar-refractivity contribution in [3.05, 3.63) is 65.3 Å². The number of hydrogen-bond donors (Lipinski definition) is 1. The molecule has 1 saturated heterocycles. The number of rotatable bonds is 5. The molecule has 176 valence electrons. The van der Waals surface area contributed by atoms with Crippen LogP contribution in [0.25, 0.3) is 22.0 Å². The molecule has 0 radical (unpaired) electrons. The molecule has 2 aromatic carbocycles. The van der Waals surface area contributed by atoms with E-state index in [1.54, 1.807) is 4.90 Å². The molecule has 0 atom stereocenters. The molecule has 0 saturated carbocycles. The van der Waals surface area contributed by atoms with Crippen LogP contribution < -0.4 is 4.90 Å². The molecule has 0 spiro atoms. The lowest BCUT2D eigenvalue weighted by Gasteiger charge is -2.37. The fourth-order valence-electron chi connectivity index (χ4n) is 4.29. The molecule has 1 aliphatic rings. The largest absolute Gasteiger partial charge is 0.507 e. The molecule has 1 aromatic heterocycles. The van der Waals surface area contributed by atoms with Crippen molar-refractivity contribution < 1.29 is 23.5 Å². The summed E-state index contributed by atoms with van der Waals surface area (Å²) in [6.45, 7) is 6.86. The number of pyridine rings is 1. The number of piperazine rings is 1. The standard InChI is InChI=1S/C25H22ClF2N3O3/c1-3-16(33)11-15-13-29-24-17(25(15)31-9-7-30(8-10-31)14(2)32)12-18(26)21(23(24)28)22-19(27)5-4-6-20(22)34/h3-6,12-13,34H,1,7-11H2,2H3. The van der Waals surface area contributed by atoms with Gasteiger partial charge in [0.1, 0.15) is 17.1 Å². The van der Waals surface area contributed by atoms with Crippen LogP contribution in [0.3, 0.4) is 0 Å². The van der Waals surface area contributed by atoms with E-state index in [1.165, 1.54) is 37.4 Å². The van der Waals surface area contributed by atoms with Crippen molar-refractivity contribution in [1.82, 2.24) is 9.88 Å². The van der Waals surface area contributed by atoms with E-state index in [9.17, 15) is 19.1 Å². The van der Waals surface area contributed by atoms with E-state index < -0.39 is 17.4 Å². The first-order valence-electron chi connectivity index (χ1n) is 10.7. The molecule has 1 aliphatic heterocycles. The number of fused-ring (bicyclic) bond motifs is 1. The normalized spacial score (nSPS) is 13.9. The Balaban J connectivity index is 1.92. The number of carbonyl (C=O) groups is 2. The number of anilines is 1. The third kappa shape index (κ3) is 4.21. The van der Waals surface area contributed by atoms with Gasteiger partial charge in [0, 0.05) is 62.2 Å². The van der Waals surface area contributed by atoms with Crippen molar-refractivity contribution in [1.29, 1.82) is 0 Å². The highest BCUT2D eigenvalue weighted by Gasteiger charge is 2.27. The molecule has 1 fully saturated rings. The van der Waals surface area contributed by atoms with Crippen molar-refractivity contribution >= 4 is 39.9 Å². The van der Waals surface area contributed by atoms with Crippen LogP contribution in [-0.4, -0.2) is 52.9 Å². The molecule has 0 aliphatic carbocycles. The molecular formula is C25H22ClF2N3O3. The van der Waals surface area contributed by atoms with Gasteiger partial charge in [-0.1, -0.05) is 24.2 Å². The zero-order chi connectivity index (χ0) is 24.6. The van der Waals surface area contributed by atoms with Crippen LogP contribution in [0, 0.1) is 11.6 Å². The minimum atomic E-state index is -0.881. The smallest absolute Gasteiger partial charge is 0.219 e. The maximum Gasteiger partial charge on any atom is 0.219 e. The predicted molar refractivity (Wildman–Crippen MR) is 127 cm³/mol. The summed E-state index contributed by atoms with van der Waals surface area (Å²) in [4.78, 5) is 31.8. The molecule has 0 bridgehead atoms. The first kappa shape index (κ1) is 23.6. The number of allylic oxidation sites excluding steroid dienone is 1. The number of phenolic OH excluding ortho intramolecular Hbond substituents is 1. The summed E-state index contributed by atoms with van der Waals surface area (Å²) in [6.07, 6.45) is 2.63. The minimum Gasteiger partial charge on any atom is -0.507 e. The average Bonchev–Trinajstić information content (AvgIpc) is 2.80. The number of aromatic hydroxyl groups is 1. The molecular weight excluding hydrogens is 464 g/mol. The van der Waals surface area contributed by atoms with Crippen LogP contribution in [0.1, 0.15) is 12.5 Å². The van der Waals surface area contributed by atoms with Gasteiger partial charge < -0.3 is 14.9 Å². The fourth-order valence-corrected chi connectivity index (χ4v) is 4.58. The van der Waals surface area contributed by atoms with Crippen LogP contribution >= 0.6 is 11.6 Å². The second-order valence-corrected chi connectivity index (χ2v) is 8.46. The highest BCUT2D eigenvalue weighted by Crippen LogP contribution is 2.43. The molecule has 6 nitrogen and oxygen atoms in total. The predicted octanol–water partition coefficient (Wildman–Crippen LogP) is 4.51. The van der Waals surface area contributed by atoms with Gasteiger partial charge in [0.25, 0.3) is 0 Å². The molecule has 3 aromatic rings. The maximum absolute atomic E-state index is 15.8. The molecule has 0 unspecified atom stereocenters. The van der Waals surface area contributed by atoms with E-state index in [4.69, 9.17) is 11.6 Å². The number of nitrogens with zero attached hydrogens (tertiary/aromatic N) is 3. The second-order valence-electron chi connectivity index (χ2n) is 8.05. The Labute approximate surface area is 200 Å². The summed E-state index contributed by atoms with van der Waals surface area (Å²) in [5.74, 6) is -2.43. The van der Waals surface area contributed by atoms with Crippen LogP contribution in [0.4, 0.5) is 14.5 Å². The summed E-state index contributed by atoms with van der Waals surface area (Å²) in [5.41, 5.74) is 0.427. The number of amides is 1. The van der Waals surface area contributed by atoms with Crippen molar-refractivity contribution in [2.75, 3.05) is 31.1 Å². The van der Waals surface area contributed by atoms with Crippen LogP contribution in [0.5, 0.6) is 5.75 Å². The van der Waals surface area contributed by atoms with Gasteiger partial charge in [-0.25, -0.2) is 8.78 Å². The lowest BCUT2D eigenvalue weighted by atomic mass is 9.97. The lowest BCUT2D eigenvalue weighted by Crippen LogP contribution is -2.48.